The van der Waals surface area contributed by atoms with Gasteiger partial charge in [0.15, 0.2) is 10.5 Å². The van der Waals surface area contributed by atoms with Crippen LogP contribution >= 0.6 is 11.3 Å². The van der Waals surface area contributed by atoms with Gasteiger partial charge in [-0.2, -0.15) is 0 Å². The fourth-order valence-corrected chi connectivity index (χ4v) is 4.15. The molecule has 0 amide bonds. The average Bonchev–Trinajstić information content (AvgIpc) is 3.28. The number of carbonyl (C=O) groups is 1. The van der Waals surface area contributed by atoms with Crippen molar-refractivity contribution in [2.45, 2.75) is 13.0 Å². The molecule has 3 aromatic heterocycles. The van der Waals surface area contributed by atoms with E-state index in [9.17, 15) is 9.59 Å². The van der Waals surface area contributed by atoms with Crippen LogP contribution < -0.4 is 5.56 Å². The Kier molecular flexibility index (Phi) is 3.91. The largest absolute Gasteiger partial charge is 0.459 e. The molecule has 0 aliphatic heterocycles. The molecule has 0 unspecified atom stereocenters. The van der Waals surface area contributed by atoms with E-state index in [0.717, 1.165) is 15.6 Å². The van der Waals surface area contributed by atoms with Gasteiger partial charge in [0, 0.05) is 11.5 Å². The van der Waals surface area contributed by atoms with Crippen LogP contribution in [-0.4, -0.2) is 20.5 Å². The van der Waals surface area contributed by atoms with Gasteiger partial charge in [-0.15, -0.1) is 0 Å². The first-order valence-corrected chi connectivity index (χ1v) is 9.40. The second kappa shape index (κ2) is 6.58. The van der Waals surface area contributed by atoms with Crippen LogP contribution in [0.1, 0.15) is 11.4 Å². The van der Waals surface area contributed by atoms with Gasteiger partial charge in [-0.25, -0.2) is 4.98 Å². The topological polar surface area (TPSA) is 86.7 Å². The molecule has 28 heavy (non-hydrogen) atoms. The van der Waals surface area contributed by atoms with E-state index >= 15 is 0 Å². The number of hydrogen-bond acceptors (Lipinski definition) is 7. The molecule has 5 rings (SSSR count). The molecule has 5 aromatic rings. The van der Waals surface area contributed by atoms with Crippen LogP contribution in [0.4, 0.5) is 0 Å². The zero-order chi connectivity index (χ0) is 19.1. The minimum atomic E-state index is -0.461. The van der Waals surface area contributed by atoms with Crippen molar-refractivity contribution in [2.75, 3.05) is 0 Å². The van der Waals surface area contributed by atoms with Gasteiger partial charge in [-0.1, -0.05) is 40.8 Å². The third-order valence-electron chi connectivity index (χ3n) is 4.39. The minimum absolute atomic E-state index is 0.0128. The number of benzene rings is 2. The number of carbonyl (C=O) groups excluding carboxylic acids is 1. The van der Waals surface area contributed by atoms with Crippen molar-refractivity contribution in [3.8, 4) is 0 Å². The molecule has 0 radical (unpaired) electrons. The lowest BCUT2D eigenvalue weighted by Crippen LogP contribution is -2.15. The summed E-state index contributed by atoms with van der Waals surface area (Å²) in [7, 11) is 0. The Morgan fingerprint density at radius 2 is 1.96 bits per heavy atom. The van der Waals surface area contributed by atoms with E-state index in [2.05, 4.69) is 10.1 Å². The minimum Gasteiger partial charge on any atom is -0.459 e. The van der Waals surface area contributed by atoms with E-state index in [-0.39, 0.29) is 18.6 Å². The lowest BCUT2D eigenvalue weighted by molar-refractivity contribution is -0.144. The van der Waals surface area contributed by atoms with Crippen LogP contribution in [0, 0.1) is 0 Å². The standard InChI is InChI=1S/C20H13N3O4S/c24-18-9-12(21-20-23(18)15-6-2-4-8-17(15)28-20)11-26-19(25)10-14-13-5-1-3-7-16(13)27-22-14/h1-9H,10-11H2. The van der Waals surface area contributed by atoms with Gasteiger partial charge in [-0.3, -0.25) is 14.0 Å². The van der Waals surface area contributed by atoms with Crippen molar-refractivity contribution in [2.24, 2.45) is 0 Å². The summed E-state index contributed by atoms with van der Waals surface area (Å²) < 4.78 is 13.0. The Hall–Kier alpha value is -3.52. The van der Waals surface area contributed by atoms with Crippen LogP contribution in [0.25, 0.3) is 26.1 Å². The number of rotatable bonds is 4. The number of hydrogen-bond donors (Lipinski definition) is 0. The summed E-state index contributed by atoms with van der Waals surface area (Å²) in [5.74, 6) is -0.461. The van der Waals surface area contributed by atoms with Crippen molar-refractivity contribution in [1.82, 2.24) is 14.5 Å². The Morgan fingerprint density at radius 3 is 2.89 bits per heavy atom. The van der Waals surface area contributed by atoms with Gasteiger partial charge >= 0.3 is 5.97 Å². The number of esters is 1. The first-order valence-electron chi connectivity index (χ1n) is 8.58. The number of fused-ring (bicyclic) bond motifs is 4. The average molecular weight is 391 g/mol. The maximum Gasteiger partial charge on any atom is 0.312 e. The highest BCUT2D eigenvalue weighted by Crippen LogP contribution is 2.23. The molecule has 0 aliphatic rings. The van der Waals surface area contributed by atoms with Gasteiger partial charge < -0.3 is 9.26 Å². The predicted octanol–water partition coefficient (Wildman–Crippen LogP) is 3.34. The molecule has 3 heterocycles. The molecular weight excluding hydrogens is 378 g/mol. The van der Waals surface area contributed by atoms with Gasteiger partial charge in [-0.05, 0) is 24.3 Å². The maximum absolute atomic E-state index is 12.5. The van der Waals surface area contributed by atoms with E-state index in [1.54, 1.807) is 10.5 Å². The second-order valence-electron chi connectivity index (χ2n) is 6.24. The molecular formula is C20H13N3O4S. The third kappa shape index (κ3) is 2.84. The number of aromatic nitrogens is 3. The van der Waals surface area contributed by atoms with Crippen LogP contribution in [0.5, 0.6) is 0 Å². The number of ether oxygens (including phenoxy) is 1. The van der Waals surface area contributed by atoms with Crippen LogP contribution in [0.15, 0.2) is 63.9 Å². The Labute approximate surface area is 161 Å². The molecule has 7 nitrogen and oxygen atoms in total. The van der Waals surface area contributed by atoms with Gasteiger partial charge in [0.05, 0.1) is 22.3 Å². The predicted molar refractivity (Wildman–Crippen MR) is 104 cm³/mol. The molecule has 8 heteroatoms. The van der Waals surface area contributed by atoms with Crippen LogP contribution in [-0.2, 0) is 22.6 Å². The molecule has 0 bridgehead atoms. The molecule has 0 saturated heterocycles. The molecule has 0 fully saturated rings. The molecule has 0 aliphatic carbocycles. The number of para-hydroxylation sites is 2. The fraction of sp³-hybridized carbons (Fsp3) is 0.100. The Bertz CT molecular complexity index is 1400. The number of thiazole rings is 1. The zero-order valence-electron chi connectivity index (χ0n) is 14.5. The smallest absolute Gasteiger partial charge is 0.312 e. The zero-order valence-corrected chi connectivity index (χ0v) is 15.3. The highest BCUT2D eigenvalue weighted by molar-refractivity contribution is 7.23. The Balaban J connectivity index is 1.36. The van der Waals surface area contributed by atoms with Crippen molar-refractivity contribution >= 4 is 43.5 Å². The fourth-order valence-electron chi connectivity index (χ4n) is 3.10. The summed E-state index contributed by atoms with van der Waals surface area (Å²) in [6.07, 6.45) is -0.0128. The third-order valence-corrected chi connectivity index (χ3v) is 5.41. The lowest BCUT2D eigenvalue weighted by atomic mass is 10.2. The van der Waals surface area contributed by atoms with E-state index < -0.39 is 5.97 Å². The Morgan fingerprint density at radius 1 is 1.14 bits per heavy atom. The van der Waals surface area contributed by atoms with E-state index in [4.69, 9.17) is 9.26 Å². The van der Waals surface area contributed by atoms with Crippen LogP contribution in [0.3, 0.4) is 0 Å². The monoisotopic (exact) mass is 391 g/mol. The van der Waals surface area contributed by atoms with E-state index in [1.165, 1.54) is 17.4 Å². The van der Waals surface area contributed by atoms with Gasteiger partial charge in [0.1, 0.15) is 12.3 Å². The van der Waals surface area contributed by atoms with Crippen LogP contribution in [0.2, 0.25) is 0 Å². The molecule has 138 valence electrons. The second-order valence-corrected chi connectivity index (χ2v) is 7.25. The summed E-state index contributed by atoms with van der Waals surface area (Å²) >= 11 is 1.42. The van der Waals surface area contributed by atoms with E-state index in [1.807, 2.05) is 42.5 Å². The van der Waals surface area contributed by atoms with Gasteiger partial charge in [0.2, 0.25) is 0 Å². The highest BCUT2D eigenvalue weighted by atomic mass is 32.1. The molecule has 0 spiro atoms. The van der Waals surface area contributed by atoms with Crippen molar-refractivity contribution in [1.29, 1.82) is 0 Å². The normalized spacial score (nSPS) is 11.4. The SMILES string of the molecule is O=C(Cc1noc2ccccc12)OCc1cc(=O)n2c(n1)sc1ccccc12. The van der Waals surface area contributed by atoms with Crippen molar-refractivity contribution in [3.05, 3.63) is 76.3 Å². The summed E-state index contributed by atoms with van der Waals surface area (Å²) in [4.78, 5) is 29.7. The summed E-state index contributed by atoms with van der Waals surface area (Å²) in [6, 6.07) is 16.3. The number of nitrogens with zero attached hydrogens (tertiary/aromatic N) is 3. The van der Waals surface area contributed by atoms with E-state index in [0.29, 0.717) is 21.9 Å². The first kappa shape index (κ1) is 16.6. The maximum atomic E-state index is 12.5. The molecule has 0 N–H and O–H groups in total. The molecule has 0 atom stereocenters. The summed E-state index contributed by atoms with van der Waals surface area (Å²) in [5.41, 5.74) is 2.18. The van der Waals surface area contributed by atoms with Gasteiger partial charge in [0.25, 0.3) is 5.56 Å². The van der Waals surface area contributed by atoms with Crippen molar-refractivity contribution in [3.63, 3.8) is 0 Å². The lowest BCUT2D eigenvalue weighted by Gasteiger charge is -2.04. The molecule has 2 aromatic carbocycles. The summed E-state index contributed by atoms with van der Waals surface area (Å²) in [5, 5.41) is 4.71. The first-order chi connectivity index (χ1) is 13.7. The molecule has 0 saturated carbocycles. The summed E-state index contributed by atoms with van der Waals surface area (Å²) in [6.45, 7) is -0.0748. The quantitative estimate of drug-likeness (QED) is 0.437. The van der Waals surface area contributed by atoms with Crippen molar-refractivity contribution < 1.29 is 14.1 Å². The highest BCUT2D eigenvalue weighted by Gasteiger charge is 2.14.